The van der Waals surface area contributed by atoms with Gasteiger partial charge in [0.05, 0.1) is 0 Å². The van der Waals surface area contributed by atoms with Crippen molar-refractivity contribution in [3.63, 3.8) is 0 Å². The number of rotatable bonds is 11. The summed E-state index contributed by atoms with van der Waals surface area (Å²) in [7, 11) is 0. The molecule has 3 rings (SSSR count). The van der Waals surface area contributed by atoms with Gasteiger partial charge in [0.15, 0.2) is 0 Å². The fraction of sp³-hybridized carbons (Fsp3) is 0.654. The fourth-order valence-corrected chi connectivity index (χ4v) is 22.4. The molecule has 30 heavy (non-hydrogen) atoms. The number of carbonyl (C=O) groups is 1. The Morgan fingerprint density at radius 1 is 1.03 bits per heavy atom. The van der Waals surface area contributed by atoms with Gasteiger partial charge in [-0.2, -0.15) is 0 Å². The summed E-state index contributed by atoms with van der Waals surface area (Å²) in [5.41, 5.74) is 2.03. The van der Waals surface area contributed by atoms with Crippen LogP contribution in [0.3, 0.4) is 0 Å². The van der Waals surface area contributed by atoms with Crippen LogP contribution in [-0.2, 0) is 9.53 Å². The van der Waals surface area contributed by atoms with Gasteiger partial charge >= 0.3 is 188 Å². The zero-order valence-electron chi connectivity index (χ0n) is 19.5. The van der Waals surface area contributed by atoms with Crippen LogP contribution in [0.1, 0.15) is 90.7 Å². The second kappa shape index (κ2) is 10.6. The van der Waals surface area contributed by atoms with Crippen molar-refractivity contribution in [1.29, 1.82) is 0 Å². The fourth-order valence-electron chi connectivity index (χ4n) is 5.54. The van der Waals surface area contributed by atoms with Crippen LogP contribution in [0, 0.1) is 5.41 Å². The summed E-state index contributed by atoms with van der Waals surface area (Å²) in [4.78, 5) is 12.5. The number of carbonyl (C=O) groups excluding carboxylic acids is 1. The first-order valence-corrected chi connectivity index (χ1v) is 19.6. The Balaban J connectivity index is 1.99. The quantitative estimate of drug-likeness (QED) is 0.220. The Bertz CT molecular complexity index is 739. The summed E-state index contributed by atoms with van der Waals surface area (Å²) in [5.74, 6) is -0.206. The second-order valence-electron chi connectivity index (χ2n) is 9.65. The monoisotopic (exact) mass is 520 g/mol. The van der Waals surface area contributed by atoms with Gasteiger partial charge in [0.2, 0.25) is 0 Å². The Kier molecular flexibility index (Phi) is 8.34. The van der Waals surface area contributed by atoms with E-state index in [-0.39, 0.29) is 17.5 Å². The molecule has 1 aromatic rings. The van der Waals surface area contributed by atoms with E-state index < -0.39 is 18.4 Å². The van der Waals surface area contributed by atoms with Gasteiger partial charge in [-0.3, -0.25) is 0 Å². The first kappa shape index (κ1) is 23.7. The van der Waals surface area contributed by atoms with Crippen LogP contribution in [0.5, 0.6) is 0 Å². The third kappa shape index (κ3) is 4.92. The van der Waals surface area contributed by atoms with Crippen LogP contribution in [0.25, 0.3) is 0 Å². The molecule has 1 aromatic heterocycles. The predicted octanol–water partition coefficient (Wildman–Crippen LogP) is 7.92. The van der Waals surface area contributed by atoms with Crippen LogP contribution in [-0.4, -0.2) is 24.3 Å². The molecule has 0 saturated carbocycles. The van der Waals surface area contributed by atoms with Crippen molar-refractivity contribution in [2.75, 3.05) is 0 Å². The molecule has 2 heterocycles. The zero-order valence-corrected chi connectivity index (χ0v) is 22.3. The van der Waals surface area contributed by atoms with E-state index in [0.29, 0.717) is 0 Å². The number of fused-ring (bicyclic) bond motifs is 1. The van der Waals surface area contributed by atoms with E-state index in [9.17, 15) is 4.79 Å². The Morgan fingerprint density at radius 2 is 1.67 bits per heavy atom. The average molecular weight is 519 g/mol. The molecule has 1 aliphatic carbocycles. The number of hydrogen-bond donors (Lipinski definition) is 0. The molecule has 0 unspecified atom stereocenters. The molecule has 0 radical (unpaired) electrons. The molecule has 166 valence electrons. The summed E-state index contributed by atoms with van der Waals surface area (Å²) in [6.45, 7) is 9.27. The third-order valence-electron chi connectivity index (χ3n) is 7.54. The van der Waals surface area contributed by atoms with Crippen molar-refractivity contribution in [3.8, 4) is 0 Å². The topological polar surface area (TPSA) is 39.4 Å². The van der Waals surface area contributed by atoms with Gasteiger partial charge in [-0.1, -0.05) is 0 Å². The summed E-state index contributed by atoms with van der Waals surface area (Å²) in [6.07, 6.45) is 17.7. The third-order valence-corrected chi connectivity index (χ3v) is 23.8. The van der Waals surface area contributed by atoms with E-state index in [0.717, 1.165) is 12.0 Å². The van der Waals surface area contributed by atoms with Crippen molar-refractivity contribution in [2.24, 2.45) is 5.41 Å². The maximum absolute atomic E-state index is 12.5. The first-order chi connectivity index (χ1) is 14.5. The normalized spacial score (nSPS) is 24.1. The van der Waals surface area contributed by atoms with Crippen molar-refractivity contribution in [3.05, 3.63) is 45.5 Å². The molecule has 0 saturated heterocycles. The van der Waals surface area contributed by atoms with Gasteiger partial charge in [-0.25, -0.2) is 0 Å². The molecule has 0 aromatic carbocycles. The molecule has 1 aliphatic heterocycles. The zero-order chi connectivity index (χ0) is 21.6. The van der Waals surface area contributed by atoms with E-state index in [1.165, 1.54) is 63.8 Å². The van der Waals surface area contributed by atoms with Crippen LogP contribution in [0.2, 0.25) is 13.3 Å². The second-order valence-corrected chi connectivity index (χ2v) is 23.1. The number of unbranched alkanes of at least 4 members (excludes halogenated alkanes) is 3. The summed E-state index contributed by atoms with van der Waals surface area (Å²) >= 11 is -2.46. The van der Waals surface area contributed by atoms with Crippen molar-refractivity contribution in [1.82, 2.24) is 0 Å². The number of esters is 1. The molecule has 4 heteroatoms. The Morgan fingerprint density at radius 3 is 2.20 bits per heavy atom. The molecule has 2 atom stereocenters. The van der Waals surface area contributed by atoms with Gasteiger partial charge in [-0.05, 0) is 0 Å². The SMILES string of the molecule is CCC[CH2][Sn]([CH2]CCC)([CH2]CCC)[C]1=CC2=CC(=O)O[C@H](c3ccoc3)[C@@]2(C)CC1. The molecule has 0 bridgehead atoms. The summed E-state index contributed by atoms with van der Waals surface area (Å²) in [5, 5.41) is 0. The minimum absolute atomic E-state index is 0.154. The predicted molar refractivity (Wildman–Crippen MR) is 126 cm³/mol. The van der Waals surface area contributed by atoms with Gasteiger partial charge in [-0.15, -0.1) is 0 Å². The van der Waals surface area contributed by atoms with E-state index in [4.69, 9.17) is 9.15 Å². The Hall–Kier alpha value is -0.971. The molecular formula is C26H40O3Sn. The molecular weight excluding hydrogens is 479 g/mol. The van der Waals surface area contributed by atoms with Gasteiger partial charge in [0, 0.05) is 0 Å². The van der Waals surface area contributed by atoms with E-state index >= 15 is 0 Å². The van der Waals surface area contributed by atoms with E-state index in [2.05, 4.69) is 33.8 Å². The van der Waals surface area contributed by atoms with E-state index in [1.807, 2.05) is 6.07 Å². The van der Waals surface area contributed by atoms with Gasteiger partial charge in [0.1, 0.15) is 0 Å². The van der Waals surface area contributed by atoms with Gasteiger partial charge < -0.3 is 0 Å². The van der Waals surface area contributed by atoms with Crippen molar-refractivity contribution >= 4 is 24.3 Å². The molecule has 0 spiro atoms. The number of cyclic esters (lactones) is 1. The van der Waals surface area contributed by atoms with Crippen molar-refractivity contribution < 1.29 is 13.9 Å². The summed E-state index contributed by atoms with van der Waals surface area (Å²) < 4.78 is 17.4. The van der Waals surface area contributed by atoms with Gasteiger partial charge in [0.25, 0.3) is 0 Å². The molecule has 0 amide bonds. The molecule has 3 nitrogen and oxygen atoms in total. The Labute approximate surface area is 187 Å². The van der Waals surface area contributed by atoms with Crippen molar-refractivity contribution in [2.45, 2.75) is 98.5 Å². The summed E-state index contributed by atoms with van der Waals surface area (Å²) in [6, 6.07) is 1.94. The number of furan rings is 1. The first-order valence-electron chi connectivity index (χ1n) is 12.1. The van der Waals surface area contributed by atoms with Crippen LogP contribution >= 0.6 is 0 Å². The average Bonchev–Trinajstić information content (AvgIpc) is 3.28. The number of ether oxygens (including phenoxy) is 1. The van der Waals surface area contributed by atoms with E-state index in [1.54, 1.807) is 22.2 Å². The molecule has 0 N–H and O–H groups in total. The number of allylic oxidation sites excluding steroid dienone is 2. The standard InChI is InChI=1S/C14H13O3.3C4H9.Sn/c1-14-6-3-2-4-11(14)8-12(15)17-13(14)10-5-7-16-9-10;3*1-3-4-2;/h4-5,7-9,13H,3,6H2,1H3;3*1,3-4H2,2H3;/t13-,14+;;;;/m1..../s1. The van der Waals surface area contributed by atoms with Crippen LogP contribution in [0.4, 0.5) is 0 Å². The molecule has 0 fully saturated rings. The number of hydrogen-bond acceptors (Lipinski definition) is 3. The molecule has 2 aliphatic rings. The van der Waals surface area contributed by atoms with Crippen LogP contribution < -0.4 is 0 Å². The van der Waals surface area contributed by atoms with Crippen LogP contribution in [0.15, 0.2) is 44.3 Å². The maximum atomic E-state index is 12.5. The minimum atomic E-state index is -2.46.